The van der Waals surface area contributed by atoms with Crippen LogP contribution in [0.25, 0.3) is 0 Å². The lowest BCUT2D eigenvalue weighted by Gasteiger charge is -2.09. The number of hydrogen-bond acceptors (Lipinski definition) is 3. The molecule has 4 nitrogen and oxygen atoms in total. The zero-order valence-electron chi connectivity index (χ0n) is 9.08. The molecule has 84 valence electrons. The predicted molar refractivity (Wildman–Crippen MR) is 55.0 cm³/mol. The second kappa shape index (κ2) is 8.97. The summed E-state index contributed by atoms with van der Waals surface area (Å²) in [5.41, 5.74) is 0. The van der Waals surface area contributed by atoms with E-state index in [1.54, 1.807) is 0 Å². The van der Waals surface area contributed by atoms with Crippen LogP contribution in [0.15, 0.2) is 0 Å². The minimum Gasteiger partial charge on any atom is -0.391 e. The summed E-state index contributed by atoms with van der Waals surface area (Å²) in [6.45, 7) is 5.40. The van der Waals surface area contributed by atoms with Crippen molar-refractivity contribution in [3.05, 3.63) is 0 Å². The van der Waals surface area contributed by atoms with Gasteiger partial charge in [-0.1, -0.05) is 13.8 Å². The van der Waals surface area contributed by atoms with E-state index in [1.165, 1.54) is 0 Å². The first-order valence-corrected chi connectivity index (χ1v) is 5.23. The van der Waals surface area contributed by atoms with E-state index in [1.807, 2.05) is 13.8 Å². The van der Waals surface area contributed by atoms with Crippen molar-refractivity contribution < 1.29 is 14.6 Å². The maximum atomic E-state index is 11.1. The van der Waals surface area contributed by atoms with Gasteiger partial charge in [-0.15, -0.1) is 0 Å². The molecule has 1 atom stereocenters. The Kier molecular flexibility index (Phi) is 8.57. The molecular weight excluding hydrogens is 182 g/mol. The second-order valence-corrected chi connectivity index (χ2v) is 3.23. The number of amides is 1. The summed E-state index contributed by atoms with van der Waals surface area (Å²) in [6.07, 6.45) is 1.56. The summed E-state index contributed by atoms with van der Waals surface area (Å²) in [4.78, 5) is 11.1. The van der Waals surface area contributed by atoms with Crippen molar-refractivity contribution in [2.45, 2.75) is 39.2 Å². The number of carbonyl (C=O) groups is 1. The molecule has 0 fully saturated rings. The highest BCUT2D eigenvalue weighted by Crippen LogP contribution is 1.89. The fraction of sp³-hybridized carbons (Fsp3) is 0.900. The summed E-state index contributed by atoms with van der Waals surface area (Å²) in [6, 6.07) is 0. The summed E-state index contributed by atoms with van der Waals surface area (Å²) in [5.74, 6) is -0.0615. The van der Waals surface area contributed by atoms with Crippen molar-refractivity contribution in [3.63, 3.8) is 0 Å². The lowest BCUT2D eigenvalue weighted by Crippen LogP contribution is -2.32. The molecule has 14 heavy (non-hydrogen) atoms. The Balaban J connectivity index is 3.28. The molecule has 1 unspecified atom stereocenters. The molecule has 0 aromatic carbocycles. The van der Waals surface area contributed by atoms with Crippen molar-refractivity contribution in [3.8, 4) is 0 Å². The molecule has 0 aromatic heterocycles. The van der Waals surface area contributed by atoms with E-state index in [9.17, 15) is 9.90 Å². The Morgan fingerprint density at radius 3 is 2.71 bits per heavy atom. The summed E-state index contributed by atoms with van der Waals surface area (Å²) in [7, 11) is 0. The van der Waals surface area contributed by atoms with Crippen LogP contribution in [0.1, 0.15) is 33.1 Å². The van der Waals surface area contributed by atoms with Gasteiger partial charge in [0.25, 0.3) is 0 Å². The number of ether oxygens (including phenoxy) is 1. The molecule has 0 radical (unpaired) electrons. The van der Waals surface area contributed by atoms with Crippen molar-refractivity contribution in [2.75, 3.05) is 19.8 Å². The highest BCUT2D eigenvalue weighted by molar-refractivity contribution is 5.75. The minimum absolute atomic E-state index is 0.0615. The quantitative estimate of drug-likeness (QED) is 0.571. The number of aliphatic hydroxyl groups excluding tert-OH is 1. The van der Waals surface area contributed by atoms with Crippen LogP contribution in [0.4, 0.5) is 0 Å². The highest BCUT2D eigenvalue weighted by atomic mass is 16.5. The van der Waals surface area contributed by atoms with Crippen LogP contribution in [0, 0.1) is 0 Å². The van der Waals surface area contributed by atoms with Crippen LogP contribution >= 0.6 is 0 Å². The Bertz CT molecular complexity index is 150. The third-order valence-electron chi connectivity index (χ3n) is 1.83. The van der Waals surface area contributed by atoms with Crippen LogP contribution < -0.4 is 5.32 Å². The Morgan fingerprint density at radius 1 is 1.43 bits per heavy atom. The van der Waals surface area contributed by atoms with Gasteiger partial charge < -0.3 is 15.2 Å². The average Bonchev–Trinajstić information content (AvgIpc) is 2.21. The van der Waals surface area contributed by atoms with Gasteiger partial charge in [0.15, 0.2) is 0 Å². The summed E-state index contributed by atoms with van der Waals surface area (Å²) in [5, 5.41) is 11.8. The van der Waals surface area contributed by atoms with Crippen molar-refractivity contribution in [1.82, 2.24) is 5.32 Å². The fourth-order valence-electron chi connectivity index (χ4n) is 0.876. The van der Waals surface area contributed by atoms with E-state index in [0.717, 1.165) is 6.42 Å². The molecule has 0 heterocycles. The van der Waals surface area contributed by atoms with Gasteiger partial charge in [0.1, 0.15) is 0 Å². The standard InChI is InChI=1S/C10H21NO3/c1-3-6-14-7-5-10(13)11-8-9(12)4-2/h9,12H,3-8H2,1-2H3,(H,11,13). The molecule has 1 amide bonds. The van der Waals surface area contributed by atoms with E-state index < -0.39 is 6.10 Å². The minimum atomic E-state index is -0.435. The molecule has 2 N–H and O–H groups in total. The van der Waals surface area contributed by atoms with Gasteiger partial charge >= 0.3 is 0 Å². The van der Waals surface area contributed by atoms with E-state index in [0.29, 0.717) is 32.6 Å². The van der Waals surface area contributed by atoms with Crippen LogP contribution in [-0.4, -0.2) is 36.9 Å². The van der Waals surface area contributed by atoms with Crippen LogP contribution in [0.2, 0.25) is 0 Å². The Hall–Kier alpha value is -0.610. The normalized spacial score (nSPS) is 12.5. The number of carbonyl (C=O) groups excluding carboxylic acids is 1. The van der Waals surface area contributed by atoms with E-state index in [4.69, 9.17) is 4.74 Å². The average molecular weight is 203 g/mol. The summed E-state index contributed by atoms with van der Waals surface area (Å²) < 4.78 is 5.16. The van der Waals surface area contributed by atoms with Crippen molar-refractivity contribution in [2.24, 2.45) is 0 Å². The zero-order chi connectivity index (χ0) is 10.8. The molecule has 0 rings (SSSR count). The molecular formula is C10H21NO3. The molecule has 0 aliphatic rings. The number of nitrogens with one attached hydrogen (secondary N) is 1. The van der Waals surface area contributed by atoms with Crippen LogP contribution in [0.3, 0.4) is 0 Å². The van der Waals surface area contributed by atoms with Gasteiger partial charge in [0, 0.05) is 19.6 Å². The molecule has 0 bridgehead atoms. The number of rotatable bonds is 8. The molecule has 0 aliphatic carbocycles. The van der Waals surface area contributed by atoms with E-state index >= 15 is 0 Å². The lowest BCUT2D eigenvalue weighted by atomic mass is 10.3. The van der Waals surface area contributed by atoms with Gasteiger partial charge in [-0.3, -0.25) is 4.79 Å². The zero-order valence-corrected chi connectivity index (χ0v) is 9.08. The molecule has 0 spiro atoms. The first-order chi connectivity index (χ1) is 6.70. The van der Waals surface area contributed by atoms with Gasteiger partial charge in [0.2, 0.25) is 5.91 Å². The number of aliphatic hydroxyl groups is 1. The molecule has 0 aromatic rings. The molecule has 0 aliphatic heterocycles. The maximum absolute atomic E-state index is 11.1. The van der Waals surface area contributed by atoms with Crippen LogP contribution in [0.5, 0.6) is 0 Å². The Labute approximate surface area is 85.6 Å². The van der Waals surface area contributed by atoms with Crippen molar-refractivity contribution in [1.29, 1.82) is 0 Å². The van der Waals surface area contributed by atoms with Gasteiger partial charge in [-0.25, -0.2) is 0 Å². The first kappa shape index (κ1) is 13.4. The topological polar surface area (TPSA) is 58.6 Å². The summed E-state index contributed by atoms with van der Waals surface area (Å²) >= 11 is 0. The second-order valence-electron chi connectivity index (χ2n) is 3.23. The predicted octanol–water partition coefficient (Wildman–Crippen LogP) is 0.690. The highest BCUT2D eigenvalue weighted by Gasteiger charge is 2.04. The largest absolute Gasteiger partial charge is 0.391 e. The lowest BCUT2D eigenvalue weighted by molar-refractivity contribution is -0.122. The van der Waals surface area contributed by atoms with Gasteiger partial charge in [-0.05, 0) is 12.8 Å². The monoisotopic (exact) mass is 203 g/mol. The van der Waals surface area contributed by atoms with Gasteiger partial charge in [-0.2, -0.15) is 0 Å². The SMILES string of the molecule is CCCOCCC(=O)NCC(O)CC. The third-order valence-corrected chi connectivity index (χ3v) is 1.83. The van der Waals surface area contributed by atoms with E-state index in [-0.39, 0.29) is 5.91 Å². The molecule has 0 saturated carbocycles. The maximum Gasteiger partial charge on any atom is 0.222 e. The molecule has 0 saturated heterocycles. The fourth-order valence-corrected chi connectivity index (χ4v) is 0.876. The van der Waals surface area contributed by atoms with Crippen molar-refractivity contribution >= 4 is 5.91 Å². The Morgan fingerprint density at radius 2 is 2.14 bits per heavy atom. The third kappa shape index (κ3) is 8.01. The number of hydrogen-bond donors (Lipinski definition) is 2. The first-order valence-electron chi connectivity index (χ1n) is 5.23. The molecule has 4 heteroatoms. The smallest absolute Gasteiger partial charge is 0.222 e. The van der Waals surface area contributed by atoms with Crippen LogP contribution in [-0.2, 0) is 9.53 Å². The van der Waals surface area contributed by atoms with Gasteiger partial charge in [0.05, 0.1) is 12.7 Å². The van der Waals surface area contributed by atoms with E-state index in [2.05, 4.69) is 5.32 Å².